The quantitative estimate of drug-likeness (QED) is 0.341. The number of ether oxygens (including phenoxy) is 1. The van der Waals surface area contributed by atoms with Crippen LogP contribution in [0.1, 0.15) is 37.9 Å². The summed E-state index contributed by atoms with van der Waals surface area (Å²) in [6.07, 6.45) is 0. The fraction of sp³-hybridized carbons (Fsp3) is 0.360. The van der Waals surface area contributed by atoms with E-state index in [1.165, 1.54) is 0 Å². The molecule has 1 heterocycles. The van der Waals surface area contributed by atoms with Crippen LogP contribution in [0.5, 0.6) is 5.75 Å². The van der Waals surface area contributed by atoms with Gasteiger partial charge in [0.15, 0.2) is 0 Å². The Labute approximate surface area is 194 Å². The second-order valence-electron chi connectivity index (χ2n) is 7.51. The Balaban J connectivity index is 2.07. The molecule has 2 aromatic carbocycles. The van der Waals surface area contributed by atoms with Crippen LogP contribution in [0.4, 0.5) is 0 Å². The second kappa shape index (κ2) is 10.7. The van der Waals surface area contributed by atoms with Crippen LogP contribution in [0.2, 0.25) is 5.02 Å². The minimum Gasteiger partial charge on any atom is -0.507 e. The average molecular weight is 457 g/mol. The summed E-state index contributed by atoms with van der Waals surface area (Å²) in [6, 6.07) is 13.5. The van der Waals surface area contributed by atoms with E-state index >= 15 is 0 Å². The molecule has 32 heavy (non-hydrogen) atoms. The molecule has 1 amide bonds. The molecule has 6 nitrogen and oxygen atoms in total. The van der Waals surface area contributed by atoms with Crippen LogP contribution in [0.25, 0.3) is 5.76 Å². The minimum absolute atomic E-state index is 0.0703. The predicted octanol–water partition coefficient (Wildman–Crippen LogP) is 4.50. The van der Waals surface area contributed by atoms with E-state index in [9.17, 15) is 14.7 Å². The summed E-state index contributed by atoms with van der Waals surface area (Å²) in [5.74, 6) is -1.05. The highest BCUT2D eigenvalue weighted by Gasteiger charge is 2.45. The number of hydrogen-bond acceptors (Lipinski definition) is 5. The van der Waals surface area contributed by atoms with Gasteiger partial charge in [-0.1, -0.05) is 55.8 Å². The van der Waals surface area contributed by atoms with Crippen molar-refractivity contribution < 1.29 is 19.4 Å². The Morgan fingerprint density at radius 1 is 1.09 bits per heavy atom. The SMILES string of the molecule is CCOc1ccc(/C(O)=C2\C(=O)C(=O)N(CCN(CC)CC)C2c2ccccc2)cc1Cl. The number of ketones is 1. The summed E-state index contributed by atoms with van der Waals surface area (Å²) in [5.41, 5.74) is 1.20. The molecule has 0 bridgehead atoms. The van der Waals surface area contributed by atoms with Crippen molar-refractivity contribution in [2.45, 2.75) is 26.8 Å². The molecule has 2 aromatic rings. The molecule has 170 valence electrons. The summed E-state index contributed by atoms with van der Waals surface area (Å²) >= 11 is 6.30. The van der Waals surface area contributed by atoms with E-state index in [-0.39, 0.29) is 11.3 Å². The first-order chi connectivity index (χ1) is 15.4. The van der Waals surface area contributed by atoms with Crippen molar-refractivity contribution in [1.82, 2.24) is 9.80 Å². The monoisotopic (exact) mass is 456 g/mol. The summed E-state index contributed by atoms with van der Waals surface area (Å²) < 4.78 is 5.45. The Morgan fingerprint density at radius 3 is 2.38 bits per heavy atom. The van der Waals surface area contributed by atoms with Gasteiger partial charge in [-0.3, -0.25) is 9.59 Å². The van der Waals surface area contributed by atoms with Crippen LogP contribution >= 0.6 is 11.6 Å². The third-order valence-electron chi connectivity index (χ3n) is 5.71. The molecule has 1 unspecified atom stereocenters. The lowest BCUT2D eigenvalue weighted by atomic mass is 9.95. The van der Waals surface area contributed by atoms with Crippen LogP contribution in [0.3, 0.4) is 0 Å². The topological polar surface area (TPSA) is 70.1 Å². The molecule has 1 aliphatic heterocycles. The van der Waals surface area contributed by atoms with Gasteiger partial charge in [0.05, 0.1) is 23.2 Å². The van der Waals surface area contributed by atoms with Gasteiger partial charge in [0.25, 0.3) is 11.7 Å². The second-order valence-corrected chi connectivity index (χ2v) is 7.92. The van der Waals surface area contributed by atoms with Crippen molar-refractivity contribution in [2.75, 3.05) is 32.8 Å². The van der Waals surface area contributed by atoms with Crippen molar-refractivity contribution >= 4 is 29.1 Å². The van der Waals surface area contributed by atoms with Crippen molar-refractivity contribution in [2.24, 2.45) is 0 Å². The predicted molar refractivity (Wildman–Crippen MR) is 126 cm³/mol. The van der Waals surface area contributed by atoms with Gasteiger partial charge >= 0.3 is 0 Å². The number of aliphatic hydroxyl groups excluding tert-OH is 1. The van der Waals surface area contributed by atoms with Gasteiger partial charge in [0.2, 0.25) is 0 Å². The highest BCUT2D eigenvalue weighted by atomic mass is 35.5. The van der Waals surface area contributed by atoms with Crippen LogP contribution in [0.15, 0.2) is 54.1 Å². The standard InChI is InChI=1S/C25H29ClN2O4/c1-4-27(5-2)14-15-28-22(17-10-8-7-9-11-17)21(24(30)25(28)31)23(29)18-12-13-20(32-6-3)19(26)16-18/h7-13,16,22,29H,4-6,14-15H2,1-3H3/b23-21+. The average Bonchev–Trinajstić information content (AvgIpc) is 3.06. The third-order valence-corrected chi connectivity index (χ3v) is 6.01. The van der Waals surface area contributed by atoms with Gasteiger partial charge in [-0.25, -0.2) is 0 Å². The van der Waals surface area contributed by atoms with Crippen molar-refractivity contribution in [3.63, 3.8) is 0 Å². The van der Waals surface area contributed by atoms with Crippen LogP contribution in [-0.4, -0.2) is 59.4 Å². The first-order valence-corrected chi connectivity index (χ1v) is 11.3. The van der Waals surface area contributed by atoms with E-state index in [0.29, 0.717) is 36.0 Å². The molecule has 0 radical (unpaired) electrons. The van der Waals surface area contributed by atoms with E-state index in [2.05, 4.69) is 18.7 Å². The largest absolute Gasteiger partial charge is 0.507 e. The van der Waals surface area contributed by atoms with Crippen LogP contribution in [-0.2, 0) is 9.59 Å². The number of likely N-dealkylation sites (N-methyl/N-ethyl adjacent to an activating group) is 1. The normalized spacial score (nSPS) is 17.9. The van der Waals surface area contributed by atoms with Crippen molar-refractivity contribution in [1.29, 1.82) is 0 Å². The molecule has 1 aliphatic rings. The molecule has 0 aliphatic carbocycles. The van der Waals surface area contributed by atoms with Gasteiger partial charge in [-0.05, 0) is 43.8 Å². The lowest BCUT2D eigenvalue weighted by Crippen LogP contribution is -2.38. The zero-order valence-electron chi connectivity index (χ0n) is 18.7. The molecule has 1 fully saturated rings. The zero-order valence-corrected chi connectivity index (χ0v) is 19.4. The molecule has 0 saturated carbocycles. The summed E-state index contributed by atoms with van der Waals surface area (Å²) in [7, 11) is 0. The van der Waals surface area contributed by atoms with Crippen LogP contribution < -0.4 is 4.74 Å². The number of carbonyl (C=O) groups is 2. The van der Waals surface area contributed by atoms with E-state index in [1.807, 2.05) is 37.3 Å². The summed E-state index contributed by atoms with van der Waals surface area (Å²) in [6.45, 7) is 9.14. The maximum Gasteiger partial charge on any atom is 0.295 e. The maximum absolute atomic E-state index is 13.1. The highest BCUT2D eigenvalue weighted by Crippen LogP contribution is 2.40. The van der Waals surface area contributed by atoms with E-state index in [4.69, 9.17) is 16.3 Å². The molecule has 0 aromatic heterocycles. The number of halogens is 1. The van der Waals surface area contributed by atoms with Gasteiger partial charge in [-0.15, -0.1) is 0 Å². The van der Waals surface area contributed by atoms with E-state index in [1.54, 1.807) is 23.1 Å². The molecule has 1 atom stereocenters. The molecule has 1 saturated heterocycles. The number of benzene rings is 2. The lowest BCUT2D eigenvalue weighted by molar-refractivity contribution is -0.140. The van der Waals surface area contributed by atoms with Gasteiger partial charge < -0.3 is 19.6 Å². The Bertz CT molecular complexity index is 1000. The minimum atomic E-state index is -0.694. The number of hydrogen-bond donors (Lipinski definition) is 1. The summed E-state index contributed by atoms with van der Waals surface area (Å²) in [4.78, 5) is 29.8. The number of likely N-dealkylation sites (tertiary alicyclic amines) is 1. The van der Waals surface area contributed by atoms with Gasteiger partial charge in [0, 0.05) is 18.7 Å². The van der Waals surface area contributed by atoms with Crippen molar-refractivity contribution in [3.05, 3.63) is 70.3 Å². The van der Waals surface area contributed by atoms with Crippen molar-refractivity contribution in [3.8, 4) is 5.75 Å². The van der Waals surface area contributed by atoms with E-state index < -0.39 is 17.7 Å². The molecular formula is C25H29ClN2O4. The summed E-state index contributed by atoms with van der Waals surface area (Å²) in [5, 5.41) is 11.5. The van der Waals surface area contributed by atoms with Crippen LogP contribution in [0, 0.1) is 0 Å². The highest BCUT2D eigenvalue weighted by molar-refractivity contribution is 6.46. The molecule has 1 N–H and O–H groups in total. The molecule has 7 heteroatoms. The third kappa shape index (κ3) is 4.81. The Morgan fingerprint density at radius 2 is 1.78 bits per heavy atom. The Kier molecular flexibility index (Phi) is 7.94. The first kappa shape index (κ1) is 23.8. The number of nitrogens with zero attached hydrogens (tertiary/aromatic N) is 2. The van der Waals surface area contributed by atoms with Gasteiger partial charge in [0.1, 0.15) is 11.5 Å². The molecular weight excluding hydrogens is 428 g/mol. The number of aliphatic hydroxyl groups is 1. The van der Waals surface area contributed by atoms with E-state index in [0.717, 1.165) is 18.7 Å². The van der Waals surface area contributed by atoms with Gasteiger partial charge in [-0.2, -0.15) is 0 Å². The zero-order chi connectivity index (χ0) is 23.3. The Hall–Kier alpha value is -2.83. The first-order valence-electron chi connectivity index (χ1n) is 10.9. The lowest BCUT2D eigenvalue weighted by Gasteiger charge is -2.28. The fourth-order valence-corrected chi connectivity index (χ4v) is 4.19. The molecule has 0 spiro atoms. The number of rotatable bonds is 9. The number of amides is 1. The maximum atomic E-state index is 13.1. The number of carbonyl (C=O) groups excluding carboxylic acids is 2. The number of Topliss-reactive ketones (excluding diaryl/α,β-unsaturated/α-hetero) is 1. The fourth-order valence-electron chi connectivity index (χ4n) is 3.96. The smallest absolute Gasteiger partial charge is 0.295 e. The molecule has 3 rings (SSSR count).